The van der Waals surface area contributed by atoms with E-state index in [1.165, 1.54) is 24.8 Å². The van der Waals surface area contributed by atoms with Gasteiger partial charge in [-0.05, 0) is 19.3 Å². The van der Waals surface area contributed by atoms with Crippen LogP contribution in [-0.2, 0) is 0 Å². The standard InChI is InChI=1S/C12H22/c1-5-8-12(4)10-7-9-11(3)6-2/h7,9-11H,5-6,8H2,1-4H3. The number of allylic oxidation sites excluding steroid dienone is 4. The maximum absolute atomic E-state index is 2.28. The predicted molar refractivity (Wildman–Crippen MR) is 57.3 cm³/mol. The van der Waals surface area contributed by atoms with Crippen molar-refractivity contribution in [1.82, 2.24) is 0 Å². The first kappa shape index (κ1) is 11.5. The first-order valence-corrected chi connectivity index (χ1v) is 5.04. The fourth-order valence-corrected chi connectivity index (χ4v) is 1.02. The molecule has 0 rings (SSSR count). The predicted octanol–water partition coefficient (Wildman–Crippen LogP) is 4.34. The minimum absolute atomic E-state index is 0.718. The molecule has 0 N–H and O–H groups in total. The second-order valence-electron chi connectivity index (χ2n) is 3.53. The van der Waals surface area contributed by atoms with Crippen molar-refractivity contribution in [1.29, 1.82) is 0 Å². The molecule has 0 bridgehead atoms. The number of rotatable bonds is 5. The summed E-state index contributed by atoms with van der Waals surface area (Å²) in [7, 11) is 0. The van der Waals surface area contributed by atoms with Crippen molar-refractivity contribution >= 4 is 0 Å². The summed E-state index contributed by atoms with van der Waals surface area (Å²) in [5.74, 6) is 0.718. The first-order chi connectivity index (χ1) is 5.70. The van der Waals surface area contributed by atoms with E-state index in [-0.39, 0.29) is 0 Å². The molecule has 0 nitrogen and oxygen atoms in total. The van der Waals surface area contributed by atoms with Gasteiger partial charge in [0.15, 0.2) is 0 Å². The Morgan fingerprint density at radius 3 is 2.50 bits per heavy atom. The Bertz CT molecular complexity index is 151. The van der Waals surface area contributed by atoms with Crippen LogP contribution < -0.4 is 0 Å². The molecule has 0 aliphatic rings. The molecule has 0 heteroatoms. The average molecular weight is 166 g/mol. The van der Waals surface area contributed by atoms with E-state index in [0.717, 1.165) is 5.92 Å². The van der Waals surface area contributed by atoms with Gasteiger partial charge in [0.05, 0.1) is 0 Å². The van der Waals surface area contributed by atoms with Gasteiger partial charge in [-0.3, -0.25) is 0 Å². The van der Waals surface area contributed by atoms with Crippen LogP contribution in [0.25, 0.3) is 0 Å². The van der Waals surface area contributed by atoms with Crippen molar-refractivity contribution in [2.45, 2.75) is 47.0 Å². The largest absolute Gasteiger partial charge is 0.0817 e. The molecule has 0 radical (unpaired) electrons. The van der Waals surface area contributed by atoms with Crippen LogP contribution in [0, 0.1) is 5.92 Å². The molecular formula is C12H22. The van der Waals surface area contributed by atoms with Crippen molar-refractivity contribution < 1.29 is 0 Å². The van der Waals surface area contributed by atoms with Crippen molar-refractivity contribution in [3.05, 3.63) is 23.8 Å². The molecule has 0 amide bonds. The second-order valence-corrected chi connectivity index (χ2v) is 3.53. The van der Waals surface area contributed by atoms with Crippen molar-refractivity contribution in [2.75, 3.05) is 0 Å². The SMILES string of the molecule is CCCC(C)=CC=CC(C)CC. The Kier molecular flexibility index (Phi) is 6.84. The van der Waals surface area contributed by atoms with Gasteiger partial charge in [-0.1, -0.05) is 57.4 Å². The van der Waals surface area contributed by atoms with Crippen LogP contribution in [0.5, 0.6) is 0 Å². The van der Waals surface area contributed by atoms with Gasteiger partial charge in [0.1, 0.15) is 0 Å². The van der Waals surface area contributed by atoms with Crippen LogP contribution in [-0.4, -0.2) is 0 Å². The van der Waals surface area contributed by atoms with Crippen LogP contribution in [0.2, 0.25) is 0 Å². The lowest BCUT2D eigenvalue weighted by molar-refractivity contribution is 0.698. The molecule has 0 saturated carbocycles. The summed E-state index contributed by atoms with van der Waals surface area (Å²) in [4.78, 5) is 0. The van der Waals surface area contributed by atoms with E-state index >= 15 is 0 Å². The van der Waals surface area contributed by atoms with Crippen LogP contribution >= 0.6 is 0 Å². The van der Waals surface area contributed by atoms with Gasteiger partial charge in [-0.25, -0.2) is 0 Å². The third-order valence-electron chi connectivity index (χ3n) is 2.11. The molecule has 0 aromatic heterocycles. The summed E-state index contributed by atoms with van der Waals surface area (Å²) in [6.07, 6.45) is 10.4. The van der Waals surface area contributed by atoms with Crippen molar-refractivity contribution in [2.24, 2.45) is 5.92 Å². The summed E-state index contributed by atoms with van der Waals surface area (Å²) in [6.45, 7) is 8.89. The van der Waals surface area contributed by atoms with Crippen molar-refractivity contribution in [3.63, 3.8) is 0 Å². The van der Waals surface area contributed by atoms with Gasteiger partial charge < -0.3 is 0 Å². The second kappa shape index (κ2) is 7.15. The van der Waals surface area contributed by atoms with Crippen LogP contribution in [0.15, 0.2) is 23.8 Å². The van der Waals surface area contributed by atoms with Gasteiger partial charge in [-0.15, -0.1) is 0 Å². The van der Waals surface area contributed by atoms with E-state index < -0.39 is 0 Å². The number of hydrogen-bond acceptors (Lipinski definition) is 0. The molecule has 0 aromatic carbocycles. The first-order valence-electron chi connectivity index (χ1n) is 5.04. The summed E-state index contributed by atoms with van der Waals surface area (Å²) >= 11 is 0. The molecule has 1 unspecified atom stereocenters. The van der Waals surface area contributed by atoms with E-state index in [9.17, 15) is 0 Å². The van der Waals surface area contributed by atoms with Crippen LogP contribution in [0.4, 0.5) is 0 Å². The molecule has 0 fully saturated rings. The Hall–Kier alpha value is -0.520. The van der Waals surface area contributed by atoms with Gasteiger partial charge >= 0.3 is 0 Å². The van der Waals surface area contributed by atoms with Gasteiger partial charge in [0.2, 0.25) is 0 Å². The zero-order valence-electron chi connectivity index (χ0n) is 8.93. The fourth-order valence-electron chi connectivity index (χ4n) is 1.02. The Morgan fingerprint density at radius 2 is 2.00 bits per heavy atom. The Labute approximate surface area is 77.4 Å². The highest BCUT2D eigenvalue weighted by Gasteiger charge is 1.88. The Balaban J connectivity index is 3.77. The third kappa shape index (κ3) is 6.21. The van der Waals surface area contributed by atoms with Crippen LogP contribution in [0.3, 0.4) is 0 Å². The molecule has 0 heterocycles. The molecular weight excluding hydrogens is 144 g/mol. The Morgan fingerprint density at radius 1 is 1.33 bits per heavy atom. The van der Waals surface area contributed by atoms with E-state index in [1.54, 1.807) is 0 Å². The molecule has 12 heavy (non-hydrogen) atoms. The lowest BCUT2D eigenvalue weighted by Crippen LogP contribution is -1.83. The minimum atomic E-state index is 0.718. The van der Waals surface area contributed by atoms with Crippen LogP contribution in [0.1, 0.15) is 47.0 Å². The van der Waals surface area contributed by atoms with E-state index in [0.29, 0.717) is 0 Å². The summed E-state index contributed by atoms with van der Waals surface area (Å²) in [5.41, 5.74) is 1.48. The third-order valence-corrected chi connectivity index (χ3v) is 2.11. The highest BCUT2D eigenvalue weighted by molar-refractivity contribution is 5.10. The summed E-state index contributed by atoms with van der Waals surface area (Å²) in [5, 5.41) is 0. The normalized spacial score (nSPS) is 15.5. The fraction of sp³-hybridized carbons (Fsp3) is 0.667. The van der Waals surface area contributed by atoms with Gasteiger partial charge in [0.25, 0.3) is 0 Å². The topological polar surface area (TPSA) is 0 Å². The minimum Gasteiger partial charge on any atom is -0.0817 e. The molecule has 0 spiro atoms. The molecule has 0 aromatic rings. The lowest BCUT2D eigenvalue weighted by atomic mass is 10.1. The van der Waals surface area contributed by atoms with E-state index in [4.69, 9.17) is 0 Å². The molecule has 1 atom stereocenters. The monoisotopic (exact) mass is 166 g/mol. The zero-order valence-corrected chi connectivity index (χ0v) is 8.93. The average Bonchev–Trinajstić information content (AvgIpc) is 2.04. The molecule has 70 valence electrons. The highest BCUT2D eigenvalue weighted by atomic mass is 13.9. The van der Waals surface area contributed by atoms with Gasteiger partial charge in [-0.2, -0.15) is 0 Å². The van der Waals surface area contributed by atoms with E-state index in [1.807, 2.05) is 0 Å². The maximum atomic E-state index is 2.28. The van der Waals surface area contributed by atoms with Gasteiger partial charge in [0, 0.05) is 0 Å². The van der Waals surface area contributed by atoms with Crippen molar-refractivity contribution in [3.8, 4) is 0 Å². The van der Waals surface area contributed by atoms with E-state index in [2.05, 4.69) is 45.9 Å². The molecule has 0 aliphatic carbocycles. The molecule has 0 saturated heterocycles. The highest BCUT2D eigenvalue weighted by Crippen LogP contribution is 2.05. The quantitative estimate of drug-likeness (QED) is 0.533. The number of hydrogen-bond donors (Lipinski definition) is 0. The lowest BCUT2D eigenvalue weighted by Gasteiger charge is -1.98. The summed E-state index contributed by atoms with van der Waals surface area (Å²) < 4.78 is 0. The smallest absolute Gasteiger partial charge is 0.0261 e. The molecule has 0 aliphatic heterocycles. The maximum Gasteiger partial charge on any atom is -0.0261 e. The zero-order chi connectivity index (χ0) is 9.40. The summed E-state index contributed by atoms with van der Waals surface area (Å²) in [6, 6.07) is 0.